The molecule has 0 radical (unpaired) electrons. The second kappa shape index (κ2) is 10.8. The number of aliphatic imine (C=N–C) groups is 1. The van der Waals surface area contributed by atoms with E-state index in [9.17, 15) is 9.18 Å². The first-order chi connectivity index (χ1) is 12.7. The maximum absolute atomic E-state index is 13.3. The first-order valence-corrected chi connectivity index (χ1v) is 9.66. The number of halogens is 2. The van der Waals surface area contributed by atoms with Crippen LogP contribution < -0.4 is 10.6 Å². The molecule has 2 N–H and O–H groups in total. The summed E-state index contributed by atoms with van der Waals surface area (Å²) in [5.41, 5.74) is 0.869. The van der Waals surface area contributed by atoms with E-state index in [4.69, 9.17) is 0 Å². The molecular weight excluding hydrogens is 458 g/mol. The Hall–Kier alpha value is -1.38. The molecule has 150 valence electrons. The maximum atomic E-state index is 13.3. The van der Waals surface area contributed by atoms with Gasteiger partial charge in [0.05, 0.1) is 0 Å². The Balaban J connectivity index is 0.00000261. The van der Waals surface area contributed by atoms with Gasteiger partial charge in [0.1, 0.15) is 5.82 Å². The molecule has 5 nitrogen and oxygen atoms in total. The van der Waals surface area contributed by atoms with E-state index < -0.39 is 0 Å². The molecule has 1 atom stereocenters. The summed E-state index contributed by atoms with van der Waals surface area (Å²) in [5.74, 6) is 1.01. The van der Waals surface area contributed by atoms with Gasteiger partial charge in [-0.3, -0.25) is 9.79 Å². The minimum absolute atomic E-state index is 0. The second-order valence-electron chi connectivity index (χ2n) is 7.30. The summed E-state index contributed by atoms with van der Waals surface area (Å²) in [6, 6.07) is 6.74. The molecule has 1 aliphatic heterocycles. The van der Waals surface area contributed by atoms with Gasteiger partial charge < -0.3 is 15.5 Å². The topological polar surface area (TPSA) is 56.7 Å². The molecule has 1 saturated carbocycles. The number of likely N-dealkylation sites (tertiary alicyclic amines) is 1. The Kier molecular flexibility index (Phi) is 8.79. The van der Waals surface area contributed by atoms with Gasteiger partial charge in [0, 0.05) is 38.6 Å². The molecule has 1 amide bonds. The van der Waals surface area contributed by atoms with E-state index in [1.807, 2.05) is 11.0 Å². The van der Waals surface area contributed by atoms with Gasteiger partial charge in [-0.15, -0.1) is 24.0 Å². The summed E-state index contributed by atoms with van der Waals surface area (Å²) in [5, 5.41) is 6.61. The quantitative estimate of drug-likeness (QED) is 0.389. The van der Waals surface area contributed by atoms with Crippen LogP contribution in [0.15, 0.2) is 29.3 Å². The Morgan fingerprint density at radius 3 is 2.74 bits per heavy atom. The average molecular weight is 488 g/mol. The van der Waals surface area contributed by atoms with Crippen molar-refractivity contribution in [1.29, 1.82) is 0 Å². The van der Waals surface area contributed by atoms with Gasteiger partial charge in [-0.2, -0.15) is 0 Å². The summed E-state index contributed by atoms with van der Waals surface area (Å²) in [4.78, 5) is 18.9. The molecule has 1 aromatic rings. The summed E-state index contributed by atoms with van der Waals surface area (Å²) in [6.07, 6.45) is 6.65. The van der Waals surface area contributed by atoms with Gasteiger partial charge in [-0.1, -0.05) is 31.4 Å². The van der Waals surface area contributed by atoms with E-state index in [1.54, 1.807) is 13.1 Å². The van der Waals surface area contributed by atoms with Crippen LogP contribution in [0.2, 0.25) is 0 Å². The van der Waals surface area contributed by atoms with Gasteiger partial charge in [-0.25, -0.2) is 4.39 Å². The van der Waals surface area contributed by atoms with Crippen LogP contribution in [-0.4, -0.2) is 42.9 Å². The molecule has 1 heterocycles. The van der Waals surface area contributed by atoms with Crippen LogP contribution in [0, 0.1) is 11.7 Å². The molecule has 1 unspecified atom stereocenters. The molecule has 1 aliphatic carbocycles. The summed E-state index contributed by atoms with van der Waals surface area (Å²) < 4.78 is 13.3. The normalized spacial score (nSPS) is 20.9. The fourth-order valence-corrected chi connectivity index (χ4v) is 3.91. The minimum Gasteiger partial charge on any atom is -0.352 e. The lowest BCUT2D eigenvalue weighted by Crippen LogP contribution is -2.45. The lowest BCUT2D eigenvalue weighted by atomic mass is 9.88. The van der Waals surface area contributed by atoms with Crippen LogP contribution in [0.4, 0.5) is 4.39 Å². The number of rotatable bonds is 4. The zero-order valence-electron chi connectivity index (χ0n) is 15.9. The number of amides is 1. The highest BCUT2D eigenvalue weighted by Gasteiger charge is 2.31. The van der Waals surface area contributed by atoms with Crippen LogP contribution >= 0.6 is 24.0 Å². The highest BCUT2D eigenvalue weighted by Crippen LogP contribution is 2.26. The van der Waals surface area contributed by atoms with Crippen LogP contribution in [0.1, 0.15) is 44.1 Å². The van der Waals surface area contributed by atoms with Crippen LogP contribution in [0.25, 0.3) is 0 Å². The minimum atomic E-state index is -0.236. The molecule has 1 saturated heterocycles. The highest BCUT2D eigenvalue weighted by atomic mass is 127. The summed E-state index contributed by atoms with van der Waals surface area (Å²) in [6.45, 7) is 2.05. The monoisotopic (exact) mass is 488 g/mol. The van der Waals surface area contributed by atoms with E-state index in [2.05, 4.69) is 15.6 Å². The smallest absolute Gasteiger partial charge is 0.225 e. The van der Waals surface area contributed by atoms with Crippen molar-refractivity contribution < 1.29 is 9.18 Å². The Morgan fingerprint density at radius 1 is 1.26 bits per heavy atom. The third kappa shape index (κ3) is 6.33. The zero-order chi connectivity index (χ0) is 18.4. The molecule has 1 aromatic carbocycles. The molecule has 0 bridgehead atoms. The molecule has 2 fully saturated rings. The molecule has 2 aliphatic rings. The first kappa shape index (κ1) is 21.9. The van der Waals surface area contributed by atoms with E-state index in [-0.39, 0.29) is 41.8 Å². The van der Waals surface area contributed by atoms with Gasteiger partial charge in [0.2, 0.25) is 5.91 Å². The van der Waals surface area contributed by atoms with Gasteiger partial charge in [0.15, 0.2) is 5.96 Å². The lowest BCUT2D eigenvalue weighted by molar-refractivity contribution is -0.135. The summed E-state index contributed by atoms with van der Waals surface area (Å²) in [7, 11) is 1.72. The fourth-order valence-electron chi connectivity index (χ4n) is 3.91. The summed E-state index contributed by atoms with van der Waals surface area (Å²) >= 11 is 0. The van der Waals surface area contributed by atoms with Crippen LogP contribution in [0.3, 0.4) is 0 Å². The van der Waals surface area contributed by atoms with Crippen molar-refractivity contribution in [2.75, 3.05) is 20.1 Å². The predicted molar refractivity (Wildman–Crippen MR) is 117 cm³/mol. The van der Waals surface area contributed by atoms with Gasteiger partial charge >= 0.3 is 0 Å². The maximum Gasteiger partial charge on any atom is 0.225 e. The number of carbonyl (C=O) groups excluding carboxylic acids is 1. The SMILES string of the molecule is CN=C(NCc1cccc(F)c1)NC1CCN(C(=O)C2CCCCC2)C1.I. The number of hydrogen-bond donors (Lipinski definition) is 2. The third-order valence-electron chi connectivity index (χ3n) is 5.37. The molecule has 0 spiro atoms. The Morgan fingerprint density at radius 2 is 2.04 bits per heavy atom. The standard InChI is InChI=1S/C20H29FN4O.HI/c1-22-20(23-13-15-6-5-9-17(21)12-15)24-18-10-11-25(14-18)19(26)16-7-3-2-4-8-16;/h5-6,9,12,16,18H,2-4,7-8,10-11,13-14H2,1H3,(H2,22,23,24);1H. The number of nitrogens with one attached hydrogen (secondary N) is 2. The predicted octanol–water partition coefficient (Wildman–Crippen LogP) is 3.29. The average Bonchev–Trinajstić information content (AvgIpc) is 3.14. The number of nitrogens with zero attached hydrogens (tertiary/aromatic N) is 2. The lowest BCUT2D eigenvalue weighted by Gasteiger charge is -2.26. The number of carbonyl (C=O) groups is 1. The largest absolute Gasteiger partial charge is 0.352 e. The second-order valence-corrected chi connectivity index (χ2v) is 7.30. The van der Waals surface area contributed by atoms with E-state index >= 15 is 0 Å². The van der Waals surface area contributed by atoms with Gasteiger partial charge in [-0.05, 0) is 37.0 Å². The molecule has 7 heteroatoms. The van der Waals surface area contributed by atoms with Crippen molar-refractivity contribution in [2.24, 2.45) is 10.9 Å². The van der Waals surface area contributed by atoms with E-state index in [0.29, 0.717) is 18.4 Å². The number of hydrogen-bond acceptors (Lipinski definition) is 2. The first-order valence-electron chi connectivity index (χ1n) is 9.66. The van der Waals surface area contributed by atoms with Gasteiger partial charge in [0.25, 0.3) is 0 Å². The third-order valence-corrected chi connectivity index (χ3v) is 5.37. The molecular formula is C20H30FIN4O. The fraction of sp³-hybridized carbons (Fsp3) is 0.600. The number of benzene rings is 1. The van der Waals surface area contributed by atoms with Crippen LogP contribution in [-0.2, 0) is 11.3 Å². The highest BCUT2D eigenvalue weighted by molar-refractivity contribution is 14.0. The Labute approximate surface area is 178 Å². The van der Waals surface area contributed by atoms with Crippen LogP contribution in [0.5, 0.6) is 0 Å². The van der Waals surface area contributed by atoms with Crippen molar-refractivity contribution >= 4 is 35.8 Å². The van der Waals surface area contributed by atoms with E-state index in [0.717, 1.165) is 37.9 Å². The van der Waals surface area contributed by atoms with Crippen molar-refractivity contribution in [3.05, 3.63) is 35.6 Å². The molecule has 27 heavy (non-hydrogen) atoms. The zero-order valence-corrected chi connectivity index (χ0v) is 18.2. The van der Waals surface area contributed by atoms with Crippen molar-refractivity contribution in [3.8, 4) is 0 Å². The molecule has 0 aromatic heterocycles. The number of guanidine groups is 1. The van der Waals surface area contributed by atoms with Crippen molar-refractivity contribution in [2.45, 2.75) is 51.1 Å². The van der Waals surface area contributed by atoms with Crippen molar-refractivity contribution in [1.82, 2.24) is 15.5 Å². The Bertz CT molecular complexity index is 649. The molecule has 3 rings (SSSR count). The van der Waals surface area contributed by atoms with Crippen molar-refractivity contribution in [3.63, 3.8) is 0 Å². The van der Waals surface area contributed by atoms with E-state index in [1.165, 1.54) is 31.4 Å².